The Kier molecular flexibility index (Phi) is 4.10. The van der Waals surface area contributed by atoms with E-state index < -0.39 is 0 Å². The molecule has 0 bridgehead atoms. The zero-order valence-electron chi connectivity index (χ0n) is 10.5. The molecule has 1 aromatic heterocycles. The summed E-state index contributed by atoms with van der Waals surface area (Å²) in [6.07, 6.45) is 1.68. The molecular formula is C14H15NO2S. The van der Waals surface area contributed by atoms with Gasteiger partial charge in [0.15, 0.2) is 0 Å². The number of hydrogen-bond acceptors (Lipinski definition) is 4. The first kappa shape index (κ1) is 12.8. The standard InChI is InChI=1S/C14H15NO2S/c1-10-3-4-12(8-16)7-13(10)17-6-5-14-11(2)15-9-18-14/h3-4,7-9H,5-6H2,1-2H3. The Hall–Kier alpha value is -1.68. The third kappa shape index (κ3) is 2.96. The van der Waals surface area contributed by atoms with Crippen LogP contribution in [0.25, 0.3) is 0 Å². The molecule has 0 atom stereocenters. The minimum atomic E-state index is 0.603. The van der Waals surface area contributed by atoms with Crippen LogP contribution in [0.2, 0.25) is 0 Å². The van der Waals surface area contributed by atoms with Crippen LogP contribution in [-0.4, -0.2) is 17.9 Å². The van der Waals surface area contributed by atoms with E-state index in [1.54, 1.807) is 23.5 Å². The number of aromatic nitrogens is 1. The molecule has 0 saturated carbocycles. The predicted molar refractivity (Wildman–Crippen MR) is 72.6 cm³/mol. The molecule has 2 aromatic rings. The number of carbonyl (C=O) groups excluding carboxylic acids is 1. The number of aryl methyl sites for hydroxylation is 2. The molecule has 18 heavy (non-hydrogen) atoms. The minimum absolute atomic E-state index is 0.603. The summed E-state index contributed by atoms with van der Waals surface area (Å²) in [4.78, 5) is 16.2. The van der Waals surface area contributed by atoms with E-state index in [2.05, 4.69) is 4.98 Å². The lowest BCUT2D eigenvalue weighted by Gasteiger charge is -2.09. The van der Waals surface area contributed by atoms with Gasteiger partial charge in [0.25, 0.3) is 0 Å². The van der Waals surface area contributed by atoms with Crippen molar-refractivity contribution in [2.75, 3.05) is 6.61 Å². The summed E-state index contributed by atoms with van der Waals surface area (Å²) in [7, 11) is 0. The normalized spacial score (nSPS) is 10.3. The van der Waals surface area contributed by atoms with E-state index in [0.717, 1.165) is 29.7 Å². The van der Waals surface area contributed by atoms with Crippen molar-refractivity contribution in [1.82, 2.24) is 4.98 Å². The molecule has 0 amide bonds. The van der Waals surface area contributed by atoms with Crippen LogP contribution < -0.4 is 4.74 Å². The van der Waals surface area contributed by atoms with Gasteiger partial charge in [-0.2, -0.15) is 0 Å². The summed E-state index contributed by atoms with van der Waals surface area (Å²) < 4.78 is 5.73. The van der Waals surface area contributed by atoms with E-state index in [0.29, 0.717) is 12.2 Å². The molecule has 0 fully saturated rings. The van der Waals surface area contributed by atoms with Crippen molar-refractivity contribution in [2.24, 2.45) is 0 Å². The second kappa shape index (κ2) is 5.78. The number of nitrogens with zero attached hydrogens (tertiary/aromatic N) is 1. The van der Waals surface area contributed by atoms with E-state index in [-0.39, 0.29) is 0 Å². The molecule has 2 rings (SSSR count). The number of benzene rings is 1. The van der Waals surface area contributed by atoms with Crippen LogP contribution >= 0.6 is 11.3 Å². The lowest BCUT2D eigenvalue weighted by molar-refractivity contribution is 0.112. The zero-order valence-corrected chi connectivity index (χ0v) is 11.3. The van der Waals surface area contributed by atoms with Crippen molar-refractivity contribution in [1.29, 1.82) is 0 Å². The van der Waals surface area contributed by atoms with Crippen molar-refractivity contribution in [2.45, 2.75) is 20.3 Å². The highest BCUT2D eigenvalue weighted by atomic mass is 32.1. The van der Waals surface area contributed by atoms with Gasteiger partial charge in [-0.05, 0) is 25.5 Å². The highest BCUT2D eigenvalue weighted by Gasteiger charge is 2.04. The van der Waals surface area contributed by atoms with Crippen molar-refractivity contribution >= 4 is 17.6 Å². The van der Waals surface area contributed by atoms with E-state index >= 15 is 0 Å². The quantitative estimate of drug-likeness (QED) is 0.776. The third-order valence-corrected chi connectivity index (χ3v) is 3.77. The Bertz CT molecular complexity index is 548. The second-order valence-corrected chi connectivity index (χ2v) is 5.04. The highest BCUT2D eigenvalue weighted by Crippen LogP contribution is 2.20. The predicted octanol–water partition coefficient (Wildman–Crippen LogP) is 3.19. The first-order valence-corrected chi connectivity index (χ1v) is 6.66. The van der Waals surface area contributed by atoms with E-state index in [1.165, 1.54) is 4.88 Å². The van der Waals surface area contributed by atoms with E-state index in [4.69, 9.17) is 4.74 Å². The van der Waals surface area contributed by atoms with Crippen LogP contribution in [0.5, 0.6) is 5.75 Å². The molecule has 0 unspecified atom stereocenters. The molecule has 1 aromatic carbocycles. The summed E-state index contributed by atoms with van der Waals surface area (Å²) in [5.74, 6) is 0.779. The lowest BCUT2D eigenvalue weighted by Crippen LogP contribution is -2.02. The molecule has 0 radical (unpaired) electrons. The third-order valence-electron chi connectivity index (χ3n) is 2.78. The Morgan fingerprint density at radius 3 is 2.89 bits per heavy atom. The second-order valence-electron chi connectivity index (χ2n) is 4.10. The van der Waals surface area contributed by atoms with Crippen LogP contribution in [0, 0.1) is 13.8 Å². The Morgan fingerprint density at radius 1 is 1.39 bits per heavy atom. The fourth-order valence-electron chi connectivity index (χ4n) is 1.67. The smallest absolute Gasteiger partial charge is 0.150 e. The first-order chi connectivity index (χ1) is 8.70. The molecule has 0 aliphatic carbocycles. The van der Waals surface area contributed by atoms with E-state index in [1.807, 2.05) is 25.4 Å². The van der Waals surface area contributed by atoms with E-state index in [9.17, 15) is 4.79 Å². The molecule has 0 aliphatic heterocycles. The number of thiazole rings is 1. The number of ether oxygens (including phenoxy) is 1. The molecule has 1 heterocycles. The largest absolute Gasteiger partial charge is 0.493 e. The highest BCUT2D eigenvalue weighted by molar-refractivity contribution is 7.09. The van der Waals surface area contributed by atoms with Gasteiger partial charge in [-0.1, -0.05) is 12.1 Å². The van der Waals surface area contributed by atoms with Gasteiger partial charge in [-0.25, -0.2) is 4.98 Å². The maximum Gasteiger partial charge on any atom is 0.150 e. The molecule has 0 aliphatic rings. The summed E-state index contributed by atoms with van der Waals surface area (Å²) >= 11 is 1.65. The summed E-state index contributed by atoms with van der Waals surface area (Å²) in [6.45, 7) is 4.58. The van der Waals surface area contributed by atoms with Crippen LogP contribution in [0.3, 0.4) is 0 Å². The number of aldehydes is 1. The van der Waals surface area contributed by atoms with Gasteiger partial charge in [-0.15, -0.1) is 11.3 Å². The molecule has 0 N–H and O–H groups in total. The van der Waals surface area contributed by atoms with Crippen LogP contribution in [0.15, 0.2) is 23.7 Å². The Morgan fingerprint density at radius 2 is 2.22 bits per heavy atom. The first-order valence-electron chi connectivity index (χ1n) is 5.78. The topological polar surface area (TPSA) is 39.2 Å². The maximum absolute atomic E-state index is 10.7. The minimum Gasteiger partial charge on any atom is -0.493 e. The van der Waals surface area contributed by atoms with Crippen molar-refractivity contribution in [3.63, 3.8) is 0 Å². The van der Waals surface area contributed by atoms with Crippen molar-refractivity contribution < 1.29 is 9.53 Å². The lowest BCUT2D eigenvalue weighted by atomic mass is 10.1. The number of hydrogen-bond donors (Lipinski definition) is 0. The monoisotopic (exact) mass is 261 g/mol. The van der Waals surface area contributed by atoms with Gasteiger partial charge in [0.2, 0.25) is 0 Å². The summed E-state index contributed by atoms with van der Waals surface area (Å²) in [6, 6.07) is 5.47. The SMILES string of the molecule is Cc1ccc(C=O)cc1OCCc1scnc1C. The number of carbonyl (C=O) groups is 1. The molecule has 4 heteroatoms. The Labute approximate surface area is 110 Å². The van der Waals surface area contributed by atoms with Crippen molar-refractivity contribution in [3.05, 3.63) is 45.4 Å². The van der Waals surface area contributed by atoms with Crippen LogP contribution in [0.1, 0.15) is 26.5 Å². The van der Waals surface area contributed by atoms with Gasteiger partial charge in [0.1, 0.15) is 12.0 Å². The Balaban J connectivity index is 1.98. The molecule has 0 saturated heterocycles. The van der Waals surface area contributed by atoms with Gasteiger partial charge < -0.3 is 4.74 Å². The fraction of sp³-hybridized carbons (Fsp3) is 0.286. The molecule has 94 valence electrons. The summed E-state index contributed by atoms with van der Waals surface area (Å²) in [5.41, 5.74) is 4.61. The average Bonchev–Trinajstić information content (AvgIpc) is 2.77. The molecule has 0 spiro atoms. The van der Waals surface area contributed by atoms with Crippen LogP contribution in [0.4, 0.5) is 0 Å². The van der Waals surface area contributed by atoms with Gasteiger partial charge in [0, 0.05) is 16.9 Å². The van der Waals surface area contributed by atoms with Gasteiger partial charge in [0.05, 0.1) is 17.8 Å². The fourth-order valence-corrected chi connectivity index (χ4v) is 2.43. The van der Waals surface area contributed by atoms with Gasteiger partial charge in [-0.3, -0.25) is 4.79 Å². The van der Waals surface area contributed by atoms with Crippen molar-refractivity contribution in [3.8, 4) is 5.75 Å². The average molecular weight is 261 g/mol. The van der Waals surface area contributed by atoms with Crippen LogP contribution in [-0.2, 0) is 6.42 Å². The van der Waals surface area contributed by atoms with Gasteiger partial charge >= 0.3 is 0 Å². The molecule has 3 nitrogen and oxygen atoms in total. The summed E-state index contributed by atoms with van der Waals surface area (Å²) in [5, 5.41) is 0. The molecular weight excluding hydrogens is 246 g/mol. The maximum atomic E-state index is 10.7. The number of rotatable bonds is 5. The zero-order chi connectivity index (χ0) is 13.0.